The van der Waals surface area contributed by atoms with Gasteiger partial charge in [0.2, 0.25) is 0 Å². The van der Waals surface area contributed by atoms with Crippen LogP contribution in [0.5, 0.6) is 5.75 Å². The second-order valence-corrected chi connectivity index (χ2v) is 4.69. The standard InChI is InChI=1S/C14H12ClF3N2O/c1-7-8(15)3-2-4-11(7)20-12-6-13(21-14(17)18)9(16)5-10(12)19/h2-6,14,20H,19H2,1H3. The molecule has 0 saturated heterocycles. The van der Waals surface area contributed by atoms with E-state index in [4.69, 9.17) is 17.3 Å². The number of hydrogen-bond acceptors (Lipinski definition) is 3. The largest absolute Gasteiger partial charge is 0.432 e. The molecule has 2 rings (SSSR count). The summed E-state index contributed by atoms with van der Waals surface area (Å²) in [5.41, 5.74) is 7.37. The van der Waals surface area contributed by atoms with E-state index in [1.54, 1.807) is 25.1 Å². The van der Waals surface area contributed by atoms with Crippen LogP contribution in [0.1, 0.15) is 5.56 Å². The van der Waals surface area contributed by atoms with Crippen molar-refractivity contribution in [3.8, 4) is 5.75 Å². The van der Waals surface area contributed by atoms with Crippen molar-refractivity contribution in [3.05, 3.63) is 46.7 Å². The molecule has 3 N–H and O–H groups in total. The minimum absolute atomic E-state index is 0.0634. The fraction of sp³-hybridized carbons (Fsp3) is 0.143. The lowest BCUT2D eigenvalue weighted by molar-refractivity contribution is -0.0521. The Morgan fingerprint density at radius 1 is 1.24 bits per heavy atom. The summed E-state index contributed by atoms with van der Waals surface area (Å²) >= 11 is 5.99. The molecule has 0 spiro atoms. The summed E-state index contributed by atoms with van der Waals surface area (Å²) in [7, 11) is 0. The summed E-state index contributed by atoms with van der Waals surface area (Å²) in [6.45, 7) is -1.34. The Bertz CT molecular complexity index is 665. The Labute approximate surface area is 124 Å². The van der Waals surface area contributed by atoms with E-state index in [0.717, 1.165) is 17.7 Å². The second-order valence-electron chi connectivity index (χ2n) is 4.29. The van der Waals surface area contributed by atoms with Gasteiger partial charge in [-0.2, -0.15) is 8.78 Å². The highest BCUT2D eigenvalue weighted by Crippen LogP contribution is 2.33. The van der Waals surface area contributed by atoms with Crippen molar-refractivity contribution < 1.29 is 17.9 Å². The van der Waals surface area contributed by atoms with Crippen molar-refractivity contribution in [3.63, 3.8) is 0 Å². The van der Waals surface area contributed by atoms with Crippen LogP contribution in [0.4, 0.5) is 30.2 Å². The molecule has 3 nitrogen and oxygen atoms in total. The van der Waals surface area contributed by atoms with Crippen LogP contribution < -0.4 is 15.8 Å². The zero-order valence-corrected chi connectivity index (χ0v) is 11.7. The van der Waals surface area contributed by atoms with Gasteiger partial charge in [0.15, 0.2) is 11.6 Å². The molecule has 0 heterocycles. The van der Waals surface area contributed by atoms with Crippen LogP contribution in [0.3, 0.4) is 0 Å². The maximum absolute atomic E-state index is 13.5. The van der Waals surface area contributed by atoms with Gasteiger partial charge in [-0.15, -0.1) is 0 Å². The van der Waals surface area contributed by atoms with Crippen molar-refractivity contribution in [2.75, 3.05) is 11.1 Å². The third-order valence-electron chi connectivity index (χ3n) is 2.86. The molecule has 21 heavy (non-hydrogen) atoms. The number of nitrogens with two attached hydrogens (primary N) is 1. The maximum Gasteiger partial charge on any atom is 0.387 e. The zero-order chi connectivity index (χ0) is 15.6. The van der Waals surface area contributed by atoms with Gasteiger partial charge in [-0.1, -0.05) is 17.7 Å². The van der Waals surface area contributed by atoms with Crippen molar-refractivity contribution in [2.24, 2.45) is 0 Å². The summed E-state index contributed by atoms with van der Waals surface area (Å²) in [4.78, 5) is 0. The lowest BCUT2D eigenvalue weighted by Crippen LogP contribution is -2.06. The Morgan fingerprint density at radius 3 is 2.62 bits per heavy atom. The molecule has 2 aromatic carbocycles. The van der Waals surface area contributed by atoms with Crippen molar-refractivity contribution in [1.29, 1.82) is 0 Å². The first-order valence-electron chi connectivity index (χ1n) is 5.94. The number of nitrogen functional groups attached to an aromatic ring is 1. The monoisotopic (exact) mass is 316 g/mol. The smallest absolute Gasteiger partial charge is 0.387 e. The summed E-state index contributed by atoms with van der Waals surface area (Å²) in [6, 6.07) is 7.16. The molecule has 2 aromatic rings. The molecule has 0 aromatic heterocycles. The van der Waals surface area contributed by atoms with Crippen molar-refractivity contribution in [1.82, 2.24) is 0 Å². The third kappa shape index (κ3) is 3.52. The van der Waals surface area contributed by atoms with E-state index in [-0.39, 0.29) is 11.4 Å². The predicted octanol–water partition coefficient (Wildman–Crippen LogP) is 4.71. The molecular formula is C14H12ClF3N2O. The number of rotatable bonds is 4. The Hall–Kier alpha value is -2.08. The molecule has 0 atom stereocenters. The Kier molecular flexibility index (Phi) is 4.47. The number of ether oxygens (including phenoxy) is 1. The number of anilines is 3. The first-order chi connectivity index (χ1) is 9.88. The molecule has 0 amide bonds. The minimum Gasteiger partial charge on any atom is -0.432 e. The number of hydrogen-bond donors (Lipinski definition) is 2. The number of benzene rings is 2. The quantitative estimate of drug-likeness (QED) is 0.803. The lowest BCUT2D eigenvalue weighted by atomic mass is 10.1. The van der Waals surface area contributed by atoms with Crippen molar-refractivity contribution >= 4 is 28.7 Å². The molecule has 0 saturated carbocycles. The highest BCUT2D eigenvalue weighted by Gasteiger charge is 2.14. The first kappa shape index (κ1) is 15.3. The van der Waals surface area contributed by atoms with Gasteiger partial charge in [0.05, 0.1) is 11.4 Å². The van der Waals surface area contributed by atoms with Crippen molar-refractivity contribution in [2.45, 2.75) is 13.5 Å². The number of nitrogens with one attached hydrogen (secondary N) is 1. The third-order valence-corrected chi connectivity index (χ3v) is 3.27. The Balaban J connectivity index is 2.37. The molecule has 0 aliphatic rings. The summed E-state index contributed by atoms with van der Waals surface area (Å²) in [6.07, 6.45) is 0. The molecule has 7 heteroatoms. The van der Waals surface area contributed by atoms with Crippen LogP contribution in [0.25, 0.3) is 0 Å². The normalized spacial score (nSPS) is 10.8. The highest BCUT2D eigenvalue weighted by molar-refractivity contribution is 6.31. The van der Waals surface area contributed by atoms with E-state index in [2.05, 4.69) is 10.1 Å². The zero-order valence-electron chi connectivity index (χ0n) is 11.0. The van der Waals surface area contributed by atoms with E-state index < -0.39 is 18.2 Å². The van der Waals surface area contributed by atoms with E-state index in [9.17, 15) is 13.2 Å². The van der Waals surface area contributed by atoms with Gasteiger partial charge in [-0.3, -0.25) is 0 Å². The Morgan fingerprint density at radius 2 is 1.95 bits per heavy atom. The minimum atomic E-state index is -3.12. The van der Waals surface area contributed by atoms with E-state index >= 15 is 0 Å². The van der Waals surface area contributed by atoms with Gasteiger partial charge < -0.3 is 15.8 Å². The van der Waals surface area contributed by atoms with Gasteiger partial charge in [0, 0.05) is 22.8 Å². The van der Waals surface area contributed by atoms with Crippen LogP contribution in [0.15, 0.2) is 30.3 Å². The fourth-order valence-electron chi connectivity index (χ4n) is 1.75. The molecule has 0 aliphatic carbocycles. The first-order valence-corrected chi connectivity index (χ1v) is 6.32. The van der Waals surface area contributed by atoms with E-state index in [1.165, 1.54) is 0 Å². The van der Waals surface area contributed by atoms with Crippen LogP contribution >= 0.6 is 11.6 Å². The molecule has 112 valence electrons. The maximum atomic E-state index is 13.5. The average molecular weight is 317 g/mol. The van der Waals surface area contributed by atoms with Gasteiger partial charge in [0.25, 0.3) is 0 Å². The summed E-state index contributed by atoms with van der Waals surface area (Å²) < 4.78 is 42.0. The number of halogens is 4. The van der Waals surface area contributed by atoms with Crippen LogP contribution in [-0.4, -0.2) is 6.61 Å². The van der Waals surface area contributed by atoms with Crippen LogP contribution in [0.2, 0.25) is 5.02 Å². The molecule has 0 radical (unpaired) electrons. The molecule has 0 aliphatic heterocycles. The van der Waals surface area contributed by atoms with Gasteiger partial charge in [-0.25, -0.2) is 4.39 Å². The SMILES string of the molecule is Cc1c(Cl)cccc1Nc1cc(OC(F)F)c(F)cc1N. The average Bonchev–Trinajstić information content (AvgIpc) is 2.40. The second kappa shape index (κ2) is 6.13. The molecule has 0 fully saturated rings. The lowest BCUT2D eigenvalue weighted by Gasteiger charge is -2.14. The molecule has 0 unspecified atom stereocenters. The molecular weight excluding hydrogens is 305 g/mol. The summed E-state index contributed by atoms with van der Waals surface area (Å²) in [5, 5.41) is 3.45. The fourth-order valence-corrected chi connectivity index (χ4v) is 1.93. The predicted molar refractivity (Wildman–Crippen MR) is 76.9 cm³/mol. The van der Waals surface area contributed by atoms with E-state index in [0.29, 0.717) is 10.7 Å². The van der Waals surface area contributed by atoms with Crippen LogP contribution in [0, 0.1) is 12.7 Å². The number of alkyl halides is 2. The summed E-state index contributed by atoms with van der Waals surface area (Å²) in [5.74, 6) is -1.54. The van der Waals surface area contributed by atoms with Gasteiger partial charge >= 0.3 is 6.61 Å². The van der Waals surface area contributed by atoms with E-state index in [1.807, 2.05) is 0 Å². The van der Waals surface area contributed by atoms with Crippen LogP contribution in [-0.2, 0) is 0 Å². The van der Waals surface area contributed by atoms with Gasteiger partial charge in [-0.05, 0) is 24.6 Å². The topological polar surface area (TPSA) is 47.3 Å². The highest BCUT2D eigenvalue weighted by atomic mass is 35.5. The molecule has 0 bridgehead atoms. The van der Waals surface area contributed by atoms with Gasteiger partial charge in [0.1, 0.15) is 0 Å².